The molecule has 0 heterocycles. The summed E-state index contributed by atoms with van der Waals surface area (Å²) in [6.07, 6.45) is 2.38. The van der Waals surface area contributed by atoms with Crippen molar-refractivity contribution in [3.63, 3.8) is 0 Å². The highest BCUT2D eigenvalue weighted by Gasteiger charge is 2.21. The van der Waals surface area contributed by atoms with Crippen LogP contribution in [-0.4, -0.2) is 25.2 Å². The number of hydrogen-bond donors (Lipinski definition) is 1. The zero-order valence-electron chi connectivity index (χ0n) is 11.2. The minimum atomic E-state index is -0.417. The average Bonchev–Trinajstić information content (AvgIpc) is 3.19. The maximum Gasteiger partial charge on any atom is 0.344 e. The molecule has 1 aliphatic rings. The van der Waals surface area contributed by atoms with E-state index < -0.39 is 5.97 Å². The standard InChI is InChI=1S/C14H17Cl2NO3/c1-2-19-13(18)8-20-14-9(7-17-11-3-4-11)5-10(15)6-12(14)16/h5-6,11,17H,2-4,7-8H2,1H3. The van der Waals surface area contributed by atoms with Crippen molar-refractivity contribution in [3.8, 4) is 5.75 Å². The van der Waals surface area contributed by atoms with E-state index in [0.717, 1.165) is 5.56 Å². The van der Waals surface area contributed by atoms with Crippen molar-refractivity contribution in [2.75, 3.05) is 13.2 Å². The first-order valence-electron chi connectivity index (χ1n) is 6.60. The molecule has 0 unspecified atom stereocenters. The SMILES string of the molecule is CCOC(=O)COc1c(Cl)cc(Cl)cc1CNC1CC1. The molecule has 1 aromatic rings. The normalized spacial score (nSPS) is 14.2. The van der Waals surface area contributed by atoms with Crippen molar-refractivity contribution < 1.29 is 14.3 Å². The van der Waals surface area contributed by atoms with E-state index in [0.29, 0.717) is 35.0 Å². The summed E-state index contributed by atoms with van der Waals surface area (Å²) in [7, 11) is 0. The number of hydrogen-bond acceptors (Lipinski definition) is 4. The lowest BCUT2D eigenvalue weighted by molar-refractivity contribution is -0.145. The first-order chi connectivity index (χ1) is 9.60. The van der Waals surface area contributed by atoms with Crippen LogP contribution < -0.4 is 10.1 Å². The number of benzene rings is 1. The van der Waals surface area contributed by atoms with Gasteiger partial charge >= 0.3 is 5.97 Å². The van der Waals surface area contributed by atoms with Gasteiger partial charge < -0.3 is 14.8 Å². The minimum Gasteiger partial charge on any atom is -0.480 e. The number of halogens is 2. The van der Waals surface area contributed by atoms with Gasteiger partial charge in [-0.2, -0.15) is 0 Å². The van der Waals surface area contributed by atoms with Crippen molar-refractivity contribution in [1.82, 2.24) is 5.32 Å². The van der Waals surface area contributed by atoms with Crippen LogP contribution in [-0.2, 0) is 16.1 Å². The summed E-state index contributed by atoms with van der Waals surface area (Å²) in [5.41, 5.74) is 0.846. The Morgan fingerprint density at radius 1 is 1.40 bits per heavy atom. The lowest BCUT2D eigenvalue weighted by atomic mass is 10.2. The number of carbonyl (C=O) groups excluding carboxylic acids is 1. The molecule has 0 aromatic heterocycles. The van der Waals surface area contributed by atoms with Crippen LogP contribution >= 0.6 is 23.2 Å². The van der Waals surface area contributed by atoms with Crippen LogP contribution in [0.3, 0.4) is 0 Å². The van der Waals surface area contributed by atoms with Crippen molar-refractivity contribution >= 4 is 29.2 Å². The third kappa shape index (κ3) is 4.54. The van der Waals surface area contributed by atoms with Gasteiger partial charge in [-0.15, -0.1) is 0 Å². The molecule has 110 valence electrons. The minimum absolute atomic E-state index is 0.161. The first-order valence-corrected chi connectivity index (χ1v) is 7.35. The largest absolute Gasteiger partial charge is 0.480 e. The molecule has 0 aliphatic heterocycles. The zero-order chi connectivity index (χ0) is 14.5. The summed E-state index contributed by atoms with van der Waals surface area (Å²) in [5, 5.41) is 4.31. The molecule has 1 fully saturated rings. The fourth-order valence-electron chi connectivity index (χ4n) is 1.78. The molecule has 0 saturated heterocycles. The van der Waals surface area contributed by atoms with E-state index in [2.05, 4.69) is 5.32 Å². The number of rotatable bonds is 7. The quantitative estimate of drug-likeness (QED) is 0.785. The fraction of sp³-hybridized carbons (Fsp3) is 0.500. The van der Waals surface area contributed by atoms with E-state index in [-0.39, 0.29) is 6.61 Å². The highest BCUT2D eigenvalue weighted by atomic mass is 35.5. The maximum absolute atomic E-state index is 11.4. The van der Waals surface area contributed by atoms with Gasteiger partial charge in [0.2, 0.25) is 0 Å². The third-order valence-corrected chi connectivity index (χ3v) is 3.38. The van der Waals surface area contributed by atoms with E-state index >= 15 is 0 Å². The Morgan fingerprint density at radius 2 is 2.15 bits per heavy atom. The average molecular weight is 318 g/mol. The fourth-order valence-corrected chi connectivity index (χ4v) is 2.37. The summed E-state index contributed by atoms with van der Waals surface area (Å²) in [6.45, 7) is 2.53. The van der Waals surface area contributed by atoms with Gasteiger partial charge in [-0.3, -0.25) is 0 Å². The van der Waals surface area contributed by atoms with E-state index in [4.69, 9.17) is 32.7 Å². The van der Waals surface area contributed by atoms with Gasteiger partial charge in [-0.05, 0) is 31.9 Å². The van der Waals surface area contributed by atoms with Gasteiger partial charge in [0.05, 0.1) is 11.6 Å². The number of carbonyl (C=O) groups is 1. The molecule has 0 amide bonds. The Labute approximate surface area is 128 Å². The predicted molar refractivity (Wildman–Crippen MR) is 78.5 cm³/mol. The van der Waals surface area contributed by atoms with Gasteiger partial charge in [0.15, 0.2) is 6.61 Å². The molecule has 6 heteroatoms. The maximum atomic E-state index is 11.4. The van der Waals surface area contributed by atoms with Crippen LogP contribution in [0.4, 0.5) is 0 Å². The molecule has 0 atom stereocenters. The van der Waals surface area contributed by atoms with Crippen LogP contribution in [0.15, 0.2) is 12.1 Å². The molecular weight excluding hydrogens is 301 g/mol. The molecule has 20 heavy (non-hydrogen) atoms. The molecule has 0 bridgehead atoms. The second kappa shape index (κ2) is 7.16. The summed E-state index contributed by atoms with van der Waals surface area (Å²) in [5.74, 6) is 0.0666. The highest BCUT2D eigenvalue weighted by molar-refractivity contribution is 6.35. The van der Waals surface area contributed by atoms with Gasteiger partial charge in [0.1, 0.15) is 5.75 Å². The Kier molecular flexibility index (Phi) is 5.52. The molecule has 1 saturated carbocycles. The summed E-state index contributed by atoms with van der Waals surface area (Å²) in [6, 6.07) is 3.96. The number of nitrogens with one attached hydrogen (secondary N) is 1. The Hall–Kier alpha value is -0.970. The second-order valence-electron chi connectivity index (χ2n) is 4.62. The summed E-state index contributed by atoms with van der Waals surface area (Å²) < 4.78 is 10.3. The number of ether oxygens (including phenoxy) is 2. The Bertz CT molecular complexity index is 490. The monoisotopic (exact) mass is 317 g/mol. The van der Waals surface area contributed by atoms with E-state index in [1.165, 1.54) is 12.8 Å². The second-order valence-corrected chi connectivity index (χ2v) is 5.47. The van der Waals surface area contributed by atoms with Crippen molar-refractivity contribution in [3.05, 3.63) is 27.7 Å². The van der Waals surface area contributed by atoms with Crippen LogP contribution in [0, 0.1) is 0 Å². The van der Waals surface area contributed by atoms with Crippen LogP contribution in [0.25, 0.3) is 0 Å². The first kappa shape index (κ1) is 15.4. The van der Waals surface area contributed by atoms with Crippen molar-refractivity contribution in [1.29, 1.82) is 0 Å². The third-order valence-electron chi connectivity index (χ3n) is 2.88. The number of esters is 1. The predicted octanol–water partition coefficient (Wildman–Crippen LogP) is 3.19. The Morgan fingerprint density at radius 3 is 2.80 bits per heavy atom. The van der Waals surface area contributed by atoms with Crippen LogP contribution in [0.1, 0.15) is 25.3 Å². The molecule has 1 aromatic carbocycles. The van der Waals surface area contributed by atoms with E-state index in [1.807, 2.05) is 0 Å². The highest BCUT2D eigenvalue weighted by Crippen LogP contribution is 2.33. The van der Waals surface area contributed by atoms with Gasteiger partial charge in [-0.1, -0.05) is 23.2 Å². The molecule has 1 aliphatic carbocycles. The molecule has 0 radical (unpaired) electrons. The molecular formula is C14H17Cl2NO3. The van der Waals surface area contributed by atoms with Crippen molar-refractivity contribution in [2.45, 2.75) is 32.4 Å². The van der Waals surface area contributed by atoms with Crippen molar-refractivity contribution in [2.24, 2.45) is 0 Å². The lowest BCUT2D eigenvalue weighted by Crippen LogP contribution is -2.18. The van der Waals surface area contributed by atoms with Crippen LogP contribution in [0.2, 0.25) is 10.0 Å². The molecule has 0 spiro atoms. The lowest BCUT2D eigenvalue weighted by Gasteiger charge is -2.14. The summed E-state index contributed by atoms with van der Waals surface area (Å²) in [4.78, 5) is 11.4. The Balaban J connectivity index is 2.05. The van der Waals surface area contributed by atoms with Gasteiger partial charge in [0, 0.05) is 23.2 Å². The summed E-state index contributed by atoms with van der Waals surface area (Å²) >= 11 is 12.1. The molecule has 4 nitrogen and oxygen atoms in total. The molecule has 1 N–H and O–H groups in total. The zero-order valence-corrected chi connectivity index (χ0v) is 12.8. The van der Waals surface area contributed by atoms with E-state index in [1.54, 1.807) is 19.1 Å². The smallest absolute Gasteiger partial charge is 0.344 e. The molecule has 2 rings (SSSR count). The van der Waals surface area contributed by atoms with Crippen LogP contribution in [0.5, 0.6) is 5.75 Å². The topological polar surface area (TPSA) is 47.6 Å². The van der Waals surface area contributed by atoms with Gasteiger partial charge in [-0.25, -0.2) is 4.79 Å². The van der Waals surface area contributed by atoms with Gasteiger partial charge in [0.25, 0.3) is 0 Å². The van der Waals surface area contributed by atoms with E-state index in [9.17, 15) is 4.79 Å².